The first kappa shape index (κ1) is 15.1. The van der Waals surface area contributed by atoms with Gasteiger partial charge in [0.25, 0.3) is 0 Å². The fourth-order valence-electron chi connectivity index (χ4n) is 3.49. The molecular weight excluding hydrogens is 274 g/mol. The molecule has 1 aromatic carbocycles. The van der Waals surface area contributed by atoms with Crippen LogP contribution >= 0.6 is 0 Å². The molecule has 4 heteroatoms. The van der Waals surface area contributed by atoms with Gasteiger partial charge in [-0.15, -0.1) is 0 Å². The average Bonchev–Trinajstić information content (AvgIpc) is 2.99. The summed E-state index contributed by atoms with van der Waals surface area (Å²) in [6, 6.07) is 4.65. The van der Waals surface area contributed by atoms with Gasteiger partial charge in [0.1, 0.15) is 0 Å². The first-order valence-electron chi connectivity index (χ1n) is 8.03. The zero-order chi connectivity index (χ0) is 16.0. The highest BCUT2D eigenvalue weighted by Crippen LogP contribution is 2.33. The molecule has 2 N–H and O–H groups in total. The zero-order valence-corrected chi connectivity index (χ0v) is 13.9. The highest BCUT2D eigenvalue weighted by atomic mass is 16.1. The van der Waals surface area contributed by atoms with Crippen LogP contribution in [0.2, 0.25) is 0 Å². The van der Waals surface area contributed by atoms with Crippen LogP contribution in [0.15, 0.2) is 12.1 Å². The maximum atomic E-state index is 11.4. The van der Waals surface area contributed by atoms with Crippen LogP contribution < -0.4 is 5.73 Å². The van der Waals surface area contributed by atoms with Crippen molar-refractivity contribution in [1.29, 1.82) is 0 Å². The molecule has 0 saturated carbocycles. The number of amides is 1. The van der Waals surface area contributed by atoms with E-state index in [1.165, 1.54) is 33.3 Å². The fourth-order valence-corrected chi connectivity index (χ4v) is 3.49. The summed E-state index contributed by atoms with van der Waals surface area (Å²) in [6.45, 7) is 9.39. The van der Waals surface area contributed by atoms with E-state index in [-0.39, 0.29) is 11.8 Å². The van der Waals surface area contributed by atoms with Gasteiger partial charge in [0.05, 0.1) is 0 Å². The van der Waals surface area contributed by atoms with Crippen molar-refractivity contribution in [3.63, 3.8) is 0 Å². The number of benzene rings is 1. The first-order chi connectivity index (χ1) is 10.4. The summed E-state index contributed by atoms with van der Waals surface area (Å²) in [5, 5.41) is 1.28. The Hall–Kier alpha value is -1.81. The number of rotatable bonds is 4. The van der Waals surface area contributed by atoms with Crippen LogP contribution in [0.25, 0.3) is 10.9 Å². The Balaban J connectivity index is 2.10. The van der Waals surface area contributed by atoms with E-state index in [1.807, 2.05) is 6.92 Å². The van der Waals surface area contributed by atoms with Gasteiger partial charge in [-0.2, -0.15) is 0 Å². The van der Waals surface area contributed by atoms with Gasteiger partial charge in [0.15, 0.2) is 0 Å². The minimum absolute atomic E-state index is 0.135. The van der Waals surface area contributed by atoms with E-state index in [2.05, 4.69) is 42.5 Å². The van der Waals surface area contributed by atoms with Gasteiger partial charge >= 0.3 is 0 Å². The van der Waals surface area contributed by atoms with Crippen molar-refractivity contribution in [3.8, 4) is 0 Å². The van der Waals surface area contributed by atoms with Crippen molar-refractivity contribution in [2.45, 2.75) is 40.3 Å². The Morgan fingerprint density at radius 1 is 1.32 bits per heavy atom. The molecule has 1 aromatic heterocycles. The van der Waals surface area contributed by atoms with E-state index in [4.69, 9.17) is 5.73 Å². The molecule has 2 aromatic rings. The largest absolute Gasteiger partial charge is 0.369 e. The molecule has 0 spiro atoms. The predicted molar refractivity (Wildman–Crippen MR) is 89.5 cm³/mol. The molecule has 0 radical (unpaired) electrons. The Morgan fingerprint density at radius 2 is 1.95 bits per heavy atom. The minimum atomic E-state index is -0.227. The van der Waals surface area contributed by atoms with Crippen molar-refractivity contribution in [3.05, 3.63) is 34.5 Å². The number of nitrogens with two attached hydrogens (primary N) is 1. The normalized spacial score (nSPS) is 16.2. The molecule has 1 aliphatic rings. The predicted octanol–water partition coefficient (Wildman–Crippen LogP) is 2.49. The van der Waals surface area contributed by atoms with Crippen LogP contribution in [0.1, 0.15) is 36.2 Å². The van der Waals surface area contributed by atoms with Crippen LogP contribution in [0.3, 0.4) is 0 Å². The van der Waals surface area contributed by atoms with Crippen molar-refractivity contribution in [1.82, 2.24) is 9.47 Å². The van der Waals surface area contributed by atoms with Crippen molar-refractivity contribution >= 4 is 16.8 Å². The molecule has 118 valence electrons. The summed E-state index contributed by atoms with van der Waals surface area (Å²) in [7, 11) is 2.11. The van der Waals surface area contributed by atoms with Crippen molar-refractivity contribution in [2.75, 3.05) is 6.54 Å². The third-order valence-electron chi connectivity index (χ3n) is 5.18. The van der Waals surface area contributed by atoms with E-state index < -0.39 is 0 Å². The number of hydrogen-bond acceptors (Lipinski definition) is 2. The lowest BCUT2D eigenvalue weighted by atomic mass is 9.96. The van der Waals surface area contributed by atoms with Gasteiger partial charge in [-0.25, -0.2) is 0 Å². The van der Waals surface area contributed by atoms with E-state index in [0.717, 1.165) is 26.1 Å². The Bertz CT molecular complexity index is 745. The number of nitrogens with zero attached hydrogens (tertiary/aromatic N) is 2. The molecule has 1 atom stereocenters. The lowest BCUT2D eigenvalue weighted by Crippen LogP contribution is -2.22. The number of carbonyl (C=O) groups excluding carboxylic acids is 1. The van der Waals surface area contributed by atoms with Gasteiger partial charge in [-0.3, -0.25) is 9.69 Å². The molecule has 4 nitrogen and oxygen atoms in total. The molecular formula is C18H25N3O. The molecule has 0 bridgehead atoms. The summed E-state index contributed by atoms with van der Waals surface area (Å²) in [6.07, 6.45) is 0.717. The molecule has 22 heavy (non-hydrogen) atoms. The van der Waals surface area contributed by atoms with Crippen LogP contribution in [0.4, 0.5) is 0 Å². The molecule has 2 heterocycles. The van der Waals surface area contributed by atoms with E-state index >= 15 is 0 Å². The zero-order valence-electron chi connectivity index (χ0n) is 13.9. The molecule has 0 saturated heterocycles. The van der Waals surface area contributed by atoms with Crippen molar-refractivity contribution < 1.29 is 4.79 Å². The number of primary amides is 1. The van der Waals surface area contributed by atoms with Gasteiger partial charge in [0.2, 0.25) is 5.91 Å². The Morgan fingerprint density at radius 3 is 2.55 bits per heavy atom. The monoisotopic (exact) mass is 299 g/mol. The summed E-state index contributed by atoms with van der Waals surface area (Å²) in [5.41, 5.74) is 12.1. The number of aryl methyl sites for hydroxylation is 1. The maximum absolute atomic E-state index is 11.4. The van der Waals surface area contributed by atoms with Crippen LogP contribution in [0, 0.1) is 12.8 Å². The number of aromatic nitrogens is 1. The molecule has 0 fully saturated rings. The maximum Gasteiger partial charge on any atom is 0.220 e. The van der Waals surface area contributed by atoms with Crippen LogP contribution in [-0.4, -0.2) is 21.9 Å². The number of carbonyl (C=O) groups is 1. The third kappa shape index (κ3) is 2.31. The topological polar surface area (TPSA) is 51.3 Å². The summed E-state index contributed by atoms with van der Waals surface area (Å²) >= 11 is 0. The Labute approximate surface area is 131 Å². The molecule has 1 unspecified atom stereocenters. The second-order valence-electron chi connectivity index (χ2n) is 6.57. The lowest BCUT2D eigenvalue weighted by Gasteiger charge is -2.09. The van der Waals surface area contributed by atoms with Crippen LogP contribution in [0.5, 0.6) is 0 Å². The fraction of sp³-hybridized carbons (Fsp3) is 0.500. The lowest BCUT2D eigenvalue weighted by molar-refractivity contribution is -0.121. The quantitative estimate of drug-likeness (QED) is 0.943. The van der Waals surface area contributed by atoms with Crippen LogP contribution in [-0.2, 0) is 31.4 Å². The standard InChI is InChI=1S/C18H25N3O/c1-5-21-9-13-7-16-15(6-11(2)18(19)22)12(3)20(4)17(16)8-14(13)10-21/h7-8,11H,5-6,9-10H2,1-4H3,(H2,19,22). The van der Waals surface area contributed by atoms with Gasteiger partial charge in [0, 0.05) is 42.7 Å². The summed E-state index contributed by atoms with van der Waals surface area (Å²) < 4.78 is 2.24. The summed E-state index contributed by atoms with van der Waals surface area (Å²) in [5.74, 6) is -0.362. The number of fused-ring (bicyclic) bond motifs is 2. The molecule has 0 aliphatic carbocycles. The van der Waals surface area contributed by atoms with E-state index in [1.54, 1.807) is 0 Å². The highest BCUT2D eigenvalue weighted by molar-refractivity contribution is 5.88. The number of hydrogen-bond donors (Lipinski definition) is 1. The molecule has 3 rings (SSSR count). The van der Waals surface area contributed by atoms with E-state index in [0.29, 0.717) is 0 Å². The molecule has 1 amide bonds. The minimum Gasteiger partial charge on any atom is -0.369 e. The van der Waals surface area contributed by atoms with Crippen molar-refractivity contribution in [2.24, 2.45) is 18.7 Å². The first-order valence-corrected chi connectivity index (χ1v) is 8.03. The summed E-state index contributed by atoms with van der Waals surface area (Å²) in [4.78, 5) is 13.9. The third-order valence-corrected chi connectivity index (χ3v) is 5.18. The van der Waals surface area contributed by atoms with Gasteiger partial charge < -0.3 is 10.3 Å². The van der Waals surface area contributed by atoms with E-state index in [9.17, 15) is 4.79 Å². The average molecular weight is 299 g/mol. The van der Waals surface area contributed by atoms with Gasteiger partial charge in [-0.1, -0.05) is 13.8 Å². The second kappa shape index (κ2) is 5.43. The Kier molecular flexibility index (Phi) is 3.73. The smallest absolute Gasteiger partial charge is 0.220 e. The molecule has 1 aliphatic heterocycles. The SMILES string of the molecule is CCN1Cc2cc3c(CC(C)C(N)=O)c(C)n(C)c3cc2C1. The highest BCUT2D eigenvalue weighted by Gasteiger charge is 2.22. The van der Waals surface area contributed by atoms with Gasteiger partial charge in [-0.05, 0) is 48.7 Å². The second-order valence-corrected chi connectivity index (χ2v) is 6.57.